The van der Waals surface area contributed by atoms with Crippen molar-refractivity contribution in [3.63, 3.8) is 0 Å². The van der Waals surface area contributed by atoms with E-state index < -0.39 is 0 Å². The Kier molecular flexibility index (Phi) is 3.65. The summed E-state index contributed by atoms with van der Waals surface area (Å²) in [6, 6.07) is 9.21. The fraction of sp³-hybridized carbons (Fsp3) is 0.333. The van der Waals surface area contributed by atoms with Gasteiger partial charge in [-0.05, 0) is 56.0 Å². The van der Waals surface area contributed by atoms with E-state index in [9.17, 15) is 0 Å². The first-order valence-electron chi connectivity index (χ1n) is 5.92. The first-order valence-corrected chi connectivity index (χ1v) is 6.80. The van der Waals surface area contributed by atoms with Gasteiger partial charge in [-0.3, -0.25) is 0 Å². The zero-order chi connectivity index (χ0) is 12.4. The van der Waals surface area contributed by atoms with E-state index in [1.54, 1.807) is 0 Å². The summed E-state index contributed by atoms with van der Waals surface area (Å²) in [5.74, 6) is 0. The van der Waals surface area contributed by atoms with Gasteiger partial charge in [-0.25, -0.2) is 0 Å². The maximum Gasteiger partial charge on any atom is 0.0587 e. The minimum Gasteiger partial charge on any atom is -0.309 e. The number of thiophene rings is 1. The van der Waals surface area contributed by atoms with Crippen molar-refractivity contribution in [2.45, 2.75) is 26.8 Å². The quantitative estimate of drug-likeness (QED) is 0.862. The molecule has 2 aromatic rings. The van der Waals surface area contributed by atoms with Crippen molar-refractivity contribution in [3.05, 3.63) is 56.8 Å². The highest BCUT2D eigenvalue weighted by Gasteiger charge is 2.16. The van der Waals surface area contributed by atoms with Gasteiger partial charge in [-0.15, -0.1) is 11.3 Å². The minimum absolute atomic E-state index is 0.307. The van der Waals surface area contributed by atoms with Crippen molar-refractivity contribution >= 4 is 11.3 Å². The Morgan fingerprint density at radius 1 is 1.06 bits per heavy atom. The fourth-order valence-corrected chi connectivity index (χ4v) is 3.06. The Hall–Kier alpha value is -1.12. The topological polar surface area (TPSA) is 12.0 Å². The molecule has 0 spiro atoms. The molecule has 0 aliphatic heterocycles. The number of benzene rings is 1. The molecule has 1 nitrogen and oxygen atoms in total. The van der Waals surface area contributed by atoms with Crippen LogP contribution in [0.25, 0.3) is 0 Å². The summed E-state index contributed by atoms with van der Waals surface area (Å²) < 4.78 is 0. The molecule has 0 radical (unpaired) electrons. The lowest BCUT2D eigenvalue weighted by Crippen LogP contribution is -2.18. The normalized spacial score (nSPS) is 12.7. The van der Waals surface area contributed by atoms with Crippen LogP contribution < -0.4 is 5.32 Å². The second-order valence-electron chi connectivity index (χ2n) is 4.51. The van der Waals surface area contributed by atoms with Gasteiger partial charge in [-0.2, -0.15) is 0 Å². The molecule has 0 bridgehead atoms. The van der Waals surface area contributed by atoms with Gasteiger partial charge in [0.15, 0.2) is 0 Å². The molecule has 1 heterocycles. The van der Waals surface area contributed by atoms with Crippen LogP contribution in [0.15, 0.2) is 29.6 Å². The van der Waals surface area contributed by atoms with Gasteiger partial charge in [0, 0.05) is 4.88 Å². The molecule has 0 aliphatic rings. The Balaban J connectivity index is 2.46. The third kappa shape index (κ3) is 2.43. The van der Waals surface area contributed by atoms with Crippen LogP contribution in [0, 0.1) is 20.8 Å². The zero-order valence-corrected chi connectivity index (χ0v) is 11.7. The molecule has 1 unspecified atom stereocenters. The number of aryl methyl sites for hydroxylation is 3. The second kappa shape index (κ2) is 5.03. The van der Waals surface area contributed by atoms with Crippen molar-refractivity contribution in [3.8, 4) is 0 Å². The first kappa shape index (κ1) is 12.3. The molecule has 2 rings (SSSR count). The van der Waals surface area contributed by atoms with E-state index in [-0.39, 0.29) is 0 Å². The van der Waals surface area contributed by atoms with Crippen LogP contribution in [-0.4, -0.2) is 7.05 Å². The van der Waals surface area contributed by atoms with Gasteiger partial charge in [0.25, 0.3) is 0 Å². The molecule has 0 saturated heterocycles. The highest BCUT2D eigenvalue weighted by atomic mass is 32.1. The van der Waals surface area contributed by atoms with Gasteiger partial charge < -0.3 is 5.32 Å². The van der Waals surface area contributed by atoms with Crippen molar-refractivity contribution in [2.75, 3.05) is 7.05 Å². The average molecular weight is 245 g/mol. The molecule has 1 aromatic heterocycles. The fourth-order valence-electron chi connectivity index (χ4n) is 2.32. The lowest BCUT2D eigenvalue weighted by molar-refractivity contribution is 0.686. The van der Waals surface area contributed by atoms with Crippen LogP contribution in [0.2, 0.25) is 0 Å². The maximum atomic E-state index is 3.43. The molecule has 0 fully saturated rings. The van der Waals surface area contributed by atoms with Crippen molar-refractivity contribution < 1.29 is 0 Å². The maximum absolute atomic E-state index is 3.43. The van der Waals surface area contributed by atoms with E-state index in [0.29, 0.717) is 6.04 Å². The SMILES string of the molecule is CNC(c1ccc(C)cc1C)c1ccsc1C. The van der Waals surface area contributed by atoms with Crippen LogP contribution in [0.3, 0.4) is 0 Å². The van der Waals surface area contributed by atoms with E-state index >= 15 is 0 Å². The Morgan fingerprint density at radius 3 is 2.35 bits per heavy atom. The molecule has 0 aliphatic carbocycles. The largest absolute Gasteiger partial charge is 0.309 e. The van der Waals surface area contributed by atoms with E-state index in [0.717, 1.165) is 0 Å². The van der Waals surface area contributed by atoms with Gasteiger partial charge >= 0.3 is 0 Å². The van der Waals surface area contributed by atoms with Crippen molar-refractivity contribution in [2.24, 2.45) is 0 Å². The Morgan fingerprint density at radius 2 is 1.82 bits per heavy atom. The van der Waals surface area contributed by atoms with Gasteiger partial charge in [0.2, 0.25) is 0 Å². The summed E-state index contributed by atoms with van der Waals surface area (Å²) in [4.78, 5) is 1.39. The molecule has 90 valence electrons. The number of nitrogens with one attached hydrogen (secondary N) is 1. The summed E-state index contributed by atoms with van der Waals surface area (Å²) in [6.45, 7) is 6.52. The third-order valence-corrected chi connectivity index (χ3v) is 4.10. The first-order chi connectivity index (χ1) is 8.13. The van der Waals surface area contributed by atoms with Crippen LogP contribution in [0.5, 0.6) is 0 Å². The number of hydrogen-bond acceptors (Lipinski definition) is 2. The summed E-state index contributed by atoms with van der Waals surface area (Å²) in [5.41, 5.74) is 5.45. The van der Waals surface area contributed by atoms with Crippen molar-refractivity contribution in [1.82, 2.24) is 5.32 Å². The smallest absolute Gasteiger partial charge is 0.0587 e. The summed E-state index contributed by atoms with van der Waals surface area (Å²) in [5, 5.41) is 5.59. The molecule has 0 amide bonds. The Labute approximate surface area is 108 Å². The van der Waals surface area contributed by atoms with E-state index in [1.807, 2.05) is 18.4 Å². The van der Waals surface area contributed by atoms with Gasteiger partial charge in [-0.1, -0.05) is 23.8 Å². The summed E-state index contributed by atoms with van der Waals surface area (Å²) in [6.07, 6.45) is 0. The van der Waals surface area contributed by atoms with E-state index in [1.165, 1.54) is 27.1 Å². The number of hydrogen-bond donors (Lipinski definition) is 1. The van der Waals surface area contributed by atoms with Crippen molar-refractivity contribution in [1.29, 1.82) is 0 Å². The molecule has 2 heteroatoms. The molecular weight excluding hydrogens is 226 g/mol. The van der Waals surface area contributed by atoms with E-state index in [2.05, 4.69) is 55.7 Å². The molecule has 1 aromatic carbocycles. The molecule has 0 saturated carbocycles. The van der Waals surface area contributed by atoms with Crippen LogP contribution in [0.1, 0.15) is 33.2 Å². The predicted octanol–water partition coefficient (Wildman–Crippen LogP) is 3.98. The van der Waals surface area contributed by atoms with Crippen LogP contribution in [0.4, 0.5) is 0 Å². The minimum atomic E-state index is 0.307. The van der Waals surface area contributed by atoms with Gasteiger partial charge in [0.05, 0.1) is 6.04 Å². The molecular formula is C15H19NS. The summed E-state index contributed by atoms with van der Waals surface area (Å²) >= 11 is 1.81. The number of rotatable bonds is 3. The van der Waals surface area contributed by atoms with E-state index in [4.69, 9.17) is 0 Å². The molecule has 1 N–H and O–H groups in total. The monoisotopic (exact) mass is 245 g/mol. The lowest BCUT2D eigenvalue weighted by Gasteiger charge is -2.19. The lowest BCUT2D eigenvalue weighted by atomic mass is 9.94. The zero-order valence-electron chi connectivity index (χ0n) is 10.9. The average Bonchev–Trinajstić information content (AvgIpc) is 2.69. The Bertz CT molecular complexity index is 513. The standard InChI is InChI=1S/C15H19NS/c1-10-5-6-13(11(2)9-10)15(16-4)14-7-8-17-12(14)3/h5-9,15-16H,1-4H3. The third-order valence-electron chi connectivity index (χ3n) is 3.23. The highest BCUT2D eigenvalue weighted by molar-refractivity contribution is 7.10. The predicted molar refractivity (Wildman–Crippen MR) is 75.9 cm³/mol. The molecule has 1 atom stereocenters. The molecule has 17 heavy (non-hydrogen) atoms. The van der Waals surface area contributed by atoms with Gasteiger partial charge in [0.1, 0.15) is 0 Å². The second-order valence-corrected chi connectivity index (χ2v) is 5.63. The van der Waals surface area contributed by atoms with Crippen LogP contribution in [-0.2, 0) is 0 Å². The summed E-state index contributed by atoms with van der Waals surface area (Å²) in [7, 11) is 2.03. The van der Waals surface area contributed by atoms with Crippen LogP contribution >= 0.6 is 11.3 Å². The highest BCUT2D eigenvalue weighted by Crippen LogP contribution is 2.29.